The Balaban J connectivity index is 1.53. The number of amides is 1. The van der Waals surface area contributed by atoms with Crippen LogP contribution in [0.4, 0.5) is 13.2 Å². The molecular weight excluding hydrogens is 433 g/mol. The number of hydrogen-bond acceptors (Lipinski definition) is 4. The van der Waals surface area contributed by atoms with Crippen molar-refractivity contribution in [1.82, 2.24) is 20.0 Å². The summed E-state index contributed by atoms with van der Waals surface area (Å²) in [7, 11) is 3.89. The van der Waals surface area contributed by atoms with Crippen molar-refractivity contribution >= 4 is 5.91 Å². The third kappa shape index (κ3) is 7.08. The van der Waals surface area contributed by atoms with E-state index in [0.717, 1.165) is 29.8 Å². The van der Waals surface area contributed by atoms with Crippen molar-refractivity contribution in [3.63, 3.8) is 0 Å². The lowest BCUT2D eigenvalue weighted by Gasteiger charge is -2.19. The third-order valence-electron chi connectivity index (χ3n) is 4.93. The van der Waals surface area contributed by atoms with Gasteiger partial charge >= 0.3 is 6.18 Å². The number of hydrogen-bond donors (Lipinski definition) is 1. The lowest BCUT2D eigenvalue weighted by Crippen LogP contribution is -2.34. The zero-order chi connectivity index (χ0) is 24.0. The largest absolute Gasteiger partial charge is 0.489 e. The highest BCUT2D eigenvalue weighted by Crippen LogP contribution is 2.31. The Kier molecular flexibility index (Phi) is 7.75. The van der Waals surface area contributed by atoms with E-state index in [1.807, 2.05) is 50.8 Å². The molecule has 1 heterocycles. The number of benzene rings is 2. The molecule has 0 fully saturated rings. The van der Waals surface area contributed by atoms with Crippen LogP contribution in [-0.4, -0.2) is 40.3 Å². The maximum atomic E-state index is 13.1. The van der Waals surface area contributed by atoms with E-state index >= 15 is 0 Å². The zero-order valence-corrected chi connectivity index (χ0v) is 18.8. The van der Waals surface area contributed by atoms with Gasteiger partial charge in [0.15, 0.2) is 0 Å². The summed E-state index contributed by atoms with van der Waals surface area (Å²) in [5.41, 5.74) is 0.799. The minimum Gasteiger partial charge on any atom is -0.489 e. The molecule has 0 saturated heterocycles. The second-order valence-corrected chi connectivity index (χ2v) is 8.02. The zero-order valence-electron chi connectivity index (χ0n) is 18.8. The van der Waals surface area contributed by atoms with Gasteiger partial charge in [0.2, 0.25) is 0 Å². The predicted molar refractivity (Wildman–Crippen MR) is 119 cm³/mol. The van der Waals surface area contributed by atoms with Gasteiger partial charge in [-0.15, -0.1) is 0 Å². The fraction of sp³-hybridized carbons (Fsp3) is 0.333. The highest BCUT2D eigenvalue weighted by atomic mass is 19.4. The molecule has 1 atom stereocenters. The van der Waals surface area contributed by atoms with Gasteiger partial charge in [-0.25, -0.2) is 0 Å². The van der Waals surface area contributed by atoms with Crippen LogP contribution in [-0.2, 0) is 26.3 Å². The first kappa shape index (κ1) is 24.3. The Labute approximate surface area is 191 Å². The average Bonchev–Trinajstić information content (AvgIpc) is 3.16. The minimum absolute atomic E-state index is 0.0656. The molecule has 2 aromatic carbocycles. The molecule has 0 aliphatic rings. The van der Waals surface area contributed by atoms with E-state index in [1.165, 1.54) is 12.1 Å². The number of carbonyl (C=O) groups excluding carboxylic acids is 1. The van der Waals surface area contributed by atoms with Crippen LogP contribution in [0.5, 0.6) is 5.75 Å². The molecule has 0 bridgehead atoms. The van der Waals surface area contributed by atoms with Crippen LogP contribution in [0.3, 0.4) is 0 Å². The Bertz CT molecular complexity index is 1080. The molecule has 176 valence electrons. The Morgan fingerprint density at radius 2 is 1.88 bits per heavy atom. The van der Waals surface area contributed by atoms with Crippen molar-refractivity contribution in [3.05, 3.63) is 83.2 Å². The minimum atomic E-state index is -4.60. The normalized spacial score (nSPS) is 12.6. The van der Waals surface area contributed by atoms with E-state index in [1.54, 1.807) is 11.6 Å². The van der Waals surface area contributed by atoms with Crippen molar-refractivity contribution < 1.29 is 22.7 Å². The van der Waals surface area contributed by atoms with Crippen LogP contribution in [0.2, 0.25) is 0 Å². The maximum Gasteiger partial charge on any atom is 0.417 e. The topological polar surface area (TPSA) is 59.4 Å². The Morgan fingerprint density at radius 1 is 1.15 bits per heavy atom. The molecule has 0 spiro atoms. The smallest absolute Gasteiger partial charge is 0.417 e. The molecule has 33 heavy (non-hydrogen) atoms. The molecule has 6 nitrogen and oxygen atoms in total. The summed E-state index contributed by atoms with van der Waals surface area (Å²) in [5.74, 6) is -0.163. The van der Waals surface area contributed by atoms with Gasteiger partial charge in [0.05, 0.1) is 23.9 Å². The van der Waals surface area contributed by atoms with E-state index in [-0.39, 0.29) is 6.54 Å². The fourth-order valence-electron chi connectivity index (χ4n) is 3.48. The average molecular weight is 461 g/mol. The van der Waals surface area contributed by atoms with Crippen LogP contribution in [0, 0.1) is 0 Å². The summed E-state index contributed by atoms with van der Waals surface area (Å²) in [4.78, 5) is 14.5. The molecule has 1 aromatic heterocycles. The van der Waals surface area contributed by atoms with Crippen LogP contribution in [0.1, 0.15) is 34.0 Å². The van der Waals surface area contributed by atoms with E-state index in [4.69, 9.17) is 4.74 Å². The van der Waals surface area contributed by atoms with Gasteiger partial charge in [-0.1, -0.05) is 24.3 Å². The molecule has 0 radical (unpaired) electrons. The van der Waals surface area contributed by atoms with Gasteiger partial charge in [-0.2, -0.15) is 18.3 Å². The van der Waals surface area contributed by atoms with Gasteiger partial charge in [0, 0.05) is 31.9 Å². The Hall–Kier alpha value is -3.33. The molecule has 1 amide bonds. The SMILES string of the molecule is C[C@@H](CNC(=O)c1ccccc1C(F)(F)F)Oc1cccc(CN(C)Cc2cnn(C)c2)c1. The van der Waals surface area contributed by atoms with Crippen molar-refractivity contribution in [1.29, 1.82) is 0 Å². The first-order valence-electron chi connectivity index (χ1n) is 10.5. The van der Waals surface area contributed by atoms with Gasteiger partial charge in [0.25, 0.3) is 5.91 Å². The van der Waals surface area contributed by atoms with Crippen LogP contribution >= 0.6 is 0 Å². The lowest BCUT2D eigenvalue weighted by molar-refractivity contribution is -0.137. The van der Waals surface area contributed by atoms with Crippen LogP contribution in [0.25, 0.3) is 0 Å². The number of aromatic nitrogens is 2. The second-order valence-electron chi connectivity index (χ2n) is 8.02. The summed E-state index contributed by atoms with van der Waals surface area (Å²) >= 11 is 0. The number of halogens is 3. The fourth-order valence-corrected chi connectivity index (χ4v) is 3.48. The number of rotatable bonds is 9. The van der Waals surface area contributed by atoms with Crippen LogP contribution in [0.15, 0.2) is 60.9 Å². The molecular formula is C24H27F3N4O2. The highest BCUT2D eigenvalue weighted by molar-refractivity contribution is 5.95. The summed E-state index contributed by atoms with van der Waals surface area (Å²) < 4.78 is 47.0. The lowest BCUT2D eigenvalue weighted by atomic mass is 10.1. The summed E-state index contributed by atoms with van der Waals surface area (Å²) in [5, 5.41) is 6.70. The maximum absolute atomic E-state index is 13.1. The molecule has 3 rings (SSSR count). The number of nitrogens with zero attached hydrogens (tertiary/aromatic N) is 3. The molecule has 0 saturated carbocycles. The quantitative estimate of drug-likeness (QED) is 0.518. The first-order chi connectivity index (χ1) is 15.6. The molecule has 1 N–H and O–H groups in total. The molecule has 3 aromatic rings. The number of ether oxygens (including phenoxy) is 1. The van der Waals surface area contributed by atoms with Crippen molar-refractivity contribution in [2.45, 2.75) is 32.3 Å². The summed E-state index contributed by atoms with van der Waals surface area (Å²) in [6.07, 6.45) is -1.23. The third-order valence-corrected chi connectivity index (χ3v) is 4.93. The van der Waals surface area contributed by atoms with Gasteiger partial charge in [-0.3, -0.25) is 14.4 Å². The standard InChI is InChI=1S/C24H27F3N4O2/c1-17(12-28-23(32)21-9-4-5-10-22(21)24(25,26)27)33-20-8-6-7-18(11-20)14-30(2)15-19-13-29-31(3)16-19/h4-11,13,16-17H,12,14-15H2,1-3H3,(H,28,32)/t17-/m0/s1. The number of alkyl halides is 3. The van der Waals surface area contributed by atoms with E-state index in [0.29, 0.717) is 12.3 Å². The monoisotopic (exact) mass is 460 g/mol. The van der Waals surface area contributed by atoms with Gasteiger partial charge < -0.3 is 10.1 Å². The second kappa shape index (κ2) is 10.5. The highest BCUT2D eigenvalue weighted by Gasteiger charge is 2.34. The molecule has 9 heteroatoms. The Morgan fingerprint density at radius 3 is 2.58 bits per heavy atom. The van der Waals surface area contributed by atoms with E-state index in [9.17, 15) is 18.0 Å². The van der Waals surface area contributed by atoms with Crippen molar-refractivity contribution in [2.24, 2.45) is 7.05 Å². The first-order valence-corrected chi connectivity index (χ1v) is 10.5. The van der Waals surface area contributed by atoms with E-state index < -0.39 is 29.3 Å². The number of carbonyl (C=O) groups is 1. The molecule has 0 aliphatic heterocycles. The summed E-state index contributed by atoms with van der Waals surface area (Å²) in [6, 6.07) is 12.3. The number of nitrogens with one attached hydrogen (secondary N) is 1. The van der Waals surface area contributed by atoms with Gasteiger partial charge in [-0.05, 0) is 43.8 Å². The predicted octanol–water partition coefficient (Wildman–Crippen LogP) is 4.27. The summed E-state index contributed by atoms with van der Waals surface area (Å²) in [6.45, 7) is 3.26. The van der Waals surface area contributed by atoms with Crippen LogP contribution < -0.4 is 10.1 Å². The van der Waals surface area contributed by atoms with Crippen molar-refractivity contribution in [2.75, 3.05) is 13.6 Å². The van der Waals surface area contributed by atoms with E-state index in [2.05, 4.69) is 15.3 Å². The molecule has 0 unspecified atom stereocenters. The molecule has 0 aliphatic carbocycles. The van der Waals surface area contributed by atoms with Crippen molar-refractivity contribution in [3.8, 4) is 5.75 Å². The number of aryl methyl sites for hydroxylation is 1. The van der Waals surface area contributed by atoms with Gasteiger partial charge in [0.1, 0.15) is 11.9 Å².